The minimum atomic E-state index is 0.390. The Labute approximate surface area is 146 Å². The smallest absolute Gasteiger partial charge is 0.229 e. The molecule has 1 saturated carbocycles. The second kappa shape index (κ2) is 5.79. The Hall–Kier alpha value is -2.50. The van der Waals surface area contributed by atoms with Crippen molar-refractivity contribution < 1.29 is 4.52 Å². The van der Waals surface area contributed by atoms with E-state index in [0.29, 0.717) is 11.8 Å². The summed E-state index contributed by atoms with van der Waals surface area (Å²) < 4.78 is 5.42. The highest BCUT2D eigenvalue weighted by molar-refractivity contribution is 5.76. The van der Waals surface area contributed by atoms with E-state index in [1.807, 2.05) is 31.2 Å². The van der Waals surface area contributed by atoms with Crippen molar-refractivity contribution in [1.82, 2.24) is 20.1 Å². The van der Waals surface area contributed by atoms with Gasteiger partial charge in [-0.1, -0.05) is 17.3 Å². The maximum absolute atomic E-state index is 5.42. The Balaban J connectivity index is 1.33. The van der Waals surface area contributed by atoms with Crippen molar-refractivity contribution in [3.05, 3.63) is 41.7 Å². The summed E-state index contributed by atoms with van der Waals surface area (Å²) in [5.74, 6) is 3.65. The molecule has 5 rings (SSSR count). The lowest BCUT2D eigenvalue weighted by Gasteiger charge is -2.32. The quantitative estimate of drug-likeness (QED) is 0.729. The largest absolute Gasteiger partial charge is 0.355 e. The van der Waals surface area contributed by atoms with Gasteiger partial charge in [-0.15, -0.1) is 0 Å². The van der Waals surface area contributed by atoms with Gasteiger partial charge in [-0.3, -0.25) is 0 Å². The fourth-order valence-corrected chi connectivity index (χ4v) is 3.64. The molecule has 0 unspecified atom stereocenters. The molecule has 3 heterocycles. The van der Waals surface area contributed by atoms with Crippen molar-refractivity contribution in [2.24, 2.45) is 0 Å². The van der Waals surface area contributed by atoms with E-state index in [4.69, 9.17) is 14.5 Å². The number of benzene rings is 1. The van der Waals surface area contributed by atoms with E-state index in [1.165, 1.54) is 12.8 Å². The molecular formula is C19H21N5O. The van der Waals surface area contributed by atoms with Gasteiger partial charge in [0.1, 0.15) is 0 Å². The number of anilines is 1. The molecule has 0 radical (unpaired) electrons. The predicted octanol–water partition coefficient (Wildman–Crippen LogP) is 3.58. The summed E-state index contributed by atoms with van der Waals surface area (Å²) in [5, 5.41) is 4.22. The van der Waals surface area contributed by atoms with Gasteiger partial charge < -0.3 is 9.42 Å². The van der Waals surface area contributed by atoms with Gasteiger partial charge in [0.25, 0.3) is 0 Å². The van der Waals surface area contributed by atoms with Crippen molar-refractivity contribution in [2.75, 3.05) is 18.0 Å². The molecule has 2 aliphatic rings. The van der Waals surface area contributed by atoms with Crippen molar-refractivity contribution in [2.45, 2.75) is 44.4 Å². The molecule has 6 heteroatoms. The highest BCUT2D eigenvalue weighted by atomic mass is 16.5. The number of hydrogen-bond acceptors (Lipinski definition) is 6. The highest BCUT2D eigenvalue weighted by Gasteiger charge is 2.32. The van der Waals surface area contributed by atoms with Gasteiger partial charge in [0, 0.05) is 24.9 Å². The van der Waals surface area contributed by atoms with Gasteiger partial charge in [-0.25, -0.2) is 9.97 Å². The van der Waals surface area contributed by atoms with Crippen LogP contribution in [-0.4, -0.2) is 33.2 Å². The van der Waals surface area contributed by atoms with Crippen molar-refractivity contribution in [1.29, 1.82) is 0 Å². The molecule has 3 aromatic rings. The van der Waals surface area contributed by atoms with E-state index in [9.17, 15) is 0 Å². The molecule has 1 aromatic carbocycles. The molecule has 0 bridgehead atoms. The Bertz CT molecular complexity index is 909. The molecule has 1 aliphatic carbocycles. The first-order chi connectivity index (χ1) is 12.3. The second-order valence-electron chi connectivity index (χ2n) is 7.15. The zero-order valence-electron chi connectivity index (χ0n) is 14.4. The van der Waals surface area contributed by atoms with Gasteiger partial charge in [0.15, 0.2) is 11.6 Å². The Morgan fingerprint density at radius 1 is 0.920 bits per heavy atom. The standard InChI is InChI=1S/C19H21N5O/c1-12-18(21-16-5-3-2-4-15(16)20-12)24-10-8-13(9-11-24)17-22-19(25-23-17)14-6-7-14/h2-5,13-14H,6-11H2,1H3. The summed E-state index contributed by atoms with van der Waals surface area (Å²) in [6, 6.07) is 8.05. The lowest BCUT2D eigenvalue weighted by Crippen LogP contribution is -2.34. The van der Waals surface area contributed by atoms with Gasteiger partial charge in [0.2, 0.25) is 5.89 Å². The average molecular weight is 335 g/mol. The van der Waals surface area contributed by atoms with Crippen molar-refractivity contribution >= 4 is 16.9 Å². The number of para-hydroxylation sites is 2. The fourth-order valence-electron chi connectivity index (χ4n) is 3.64. The number of fused-ring (bicyclic) bond motifs is 1. The Morgan fingerprint density at radius 2 is 1.64 bits per heavy atom. The number of nitrogens with zero attached hydrogens (tertiary/aromatic N) is 5. The van der Waals surface area contributed by atoms with E-state index in [2.05, 4.69) is 15.0 Å². The van der Waals surface area contributed by atoms with Gasteiger partial charge >= 0.3 is 0 Å². The first-order valence-electron chi connectivity index (χ1n) is 9.10. The molecular weight excluding hydrogens is 314 g/mol. The zero-order valence-corrected chi connectivity index (χ0v) is 14.4. The third-order valence-corrected chi connectivity index (χ3v) is 5.26. The van der Waals surface area contributed by atoms with Crippen LogP contribution in [0.1, 0.15) is 54.9 Å². The van der Waals surface area contributed by atoms with E-state index < -0.39 is 0 Å². The summed E-state index contributed by atoms with van der Waals surface area (Å²) in [5.41, 5.74) is 2.91. The van der Waals surface area contributed by atoms with Gasteiger partial charge in [0.05, 0.1) is 16.7 Å². The Kier molecular flexibility index (Phi) is 3.43. The normalized spacial score (nSPS) is 18.8. The van der Waals surface area contributed by atoms with Crippen LogP contribution in [0.25, 0.3) is 11.0 Å². The van der Waals surface area contributed by atoms with Crippen LogP contribution in [0.2, 0.25) is 0 Å². The molecule has 2 aromatic heterocycles. The van der Waals surface area contributed by atoms with Crippen molar-refractivity contribution in [3.8, 4) is 0 Å². The summed E-state index contributed by atoms with van der Waals surface area (Å²) >= 11 is 0. The Morgan fingerprint density at radius 3 is 2.36 bits per heavy atom. The number of aryl methyl sites for hydroxylation is 1. The summed E-state index contributed by atoms with van der Waals surface area (Å²) in [6.07, 6.45) is 4.44. The van der Waals surface area contributed by atoms with Crippen LogP contribution in [0.3, 0.4) is 0 Å². The molecule has 25 heavy (non-hydrogen) atoms. The number of hydrogen-bond donors (Lipinski definition) is 0. The van der Waals surface area contributed by atoms with Crippen LogP contribution in [0, 0.1) is 6.92 Å². The summed E-state index contributed by atoms with van der Waals surface area (Å²) in [6.45, 7) is 3.94. The monoisotopic (exact) mass is 335 g/mol. The van der Waals surface area contributed by atoms with Crippen LogP contribution < -0.4 is 4.90 Å². The molecule has 0 N–H and O–H groups in total. The maximum atomic E-state index is 5.42. The summed E-state index contributed by atoms with van der Waals surface area (Å²) in [7, 11) is 0. The number of piperidine rings is 1. The van der Waals surface area contributed by atoms with Gasteiger partial charge in [-0.05, 0) is 44.7 Å². The van der Waals surface area contributed by atoms with Crippen LogP contribution in [0.5, 0.6) is 0 Å². The lowest BCUT2D eigenvalue weighted by atomic mass is 9.96. The van der Waals surface area contributed by atoms with Crippen LogP contribution >= 0.6 is 0 Å². The number of rotatable bonds is 3. The van der Waals surface area contributed by atoms with Crippen LogP contribution in [0.4, 0.5) is 5.82 Å². The van der Waals surface area contributed by atoms with E-state index in [-0.39, 0.29) is 0 Å². The zero-order chi connectivity index (χ0) is 16.8. The summed E-state index contributed by atoms with van der Waals surface area (Å²) in [4.78, 5) is 16.5. The molecule has 6 nitrogen and oxygen atoms in total. The predicted molar refractivity (Wildman–Crippen MR) is 94.7 cm³/mol. The minimum Gasteiger partial charge on any atom is -0.355 e. The molecule has 128 valence electrons. The van der Waals surface area contributed by atoms with Crippen molar-refractivity contribution in [3.63, 3.8) is 0 Å². The molecule has 1 saturated heterocycles. The topological polar surface area (TPSA) is 67.9 Å². The fraction of sp³-hybridized carbons (Fsp3) is 0.474. The molecule has 0 amide bonds. The molecule has 0 spiro atoms. The average Bonchev–Trinajstić information content (AvgIpc) is 3.38. The van der Waals surface area contributed by atoms with Crippen LogP contribution in [-0.2, 0) is 0 Å². The minimum absolute atomic E-state index is 0.390. The van der Waals surface area contributed by atoms with Gasteiger partial charge in [-0.2, -0.15) is 4.98 Å². The highest BCUT2D eigenvalue weighted by Crippen LogP contribution is 2.40. The molecule has 0 atom stereocenters. The maximum Gasteiger partial charge on any atom is 0.229 e. The van der Waals surface area contributed by atoms with Crippen LogP contribution in [0.15, 0.2) is 28.8 Å². The third kappa shape index (κ3) is 2.75. The number of aromatic nitrogens is 4. The van der Waals surface area contributed by atoms with E-state index in [0.717, 1.165) is 60.2 Å². The lowest BCUT2D eigenvalue weighted by molar-refractivity contribution is 0.364. The molecule has 2 fully saturated rings. The third-order valence-electron chi connectivity index (χ3n) is 5.26. The van der Waals surface area contributed by atoms with E-state index in [1.54, 1.807) is 0 Å². The molecule has 1 aliphatic heterocycles. The van der Waals surface area contributed by atoms with E-state index >= 15 is 0 Å². The first-order valence-corrected chi connectivity index (χ1v) is 9.10. The SMILES string of the molecule is Cc1nc2ccccc2nc1N1CCC(c2noc(C3CC3)n2)CC1. The second-order valence-corrected chi connectivity index (χ2v) is 7.15. The first kappa shape index (κ1) is 14.8.